The number of hydrogen-bond donors (Lipinski definition) is 4. The highest BCUT2D eigenvalue weighted by Gasteiger charge is 2.24. The Labute approximate surface area is 186 Å². The molecule has 2 aromatic rings. The predicted molar refractivity (Wildman–Crippen MR) is 116 cm³/mol. The monoisotopic (exact) mass is 495 g/mol. The van der Waals surface area contributed by atoms with Gasteiger partial charge >= 0.3 is 0 Å². The molecule has 1 aromatic carbocycles. The Balaban J connectivity index is 1.51. The van der Waals surface area contributed by atoms with Gasteiger partial charge in [-0.2, -0.15) is 0 Å². The quantitative estimate of drug-likeness (QED) is 0.179. The maximum atomic E-state index is 13.4. The van der Waals surface area contributed by atoms with Gasteiger partial charge in [-0.15, -0.1) is 0 Å². The molecule has 1 amide bonds. The van der Waals surface area contributed by atoms with Crippen molar-refractivity contribution < 1.29 is 19.0 Å². The molecule has 0 unspecified atom stereocenters. The molecule has 0 saturated heterocycles. The van der Waals surface area contributed by atoms with Crippen molar-refractivity contribution >= 4 is 45.0 Å². The van der Waals surface area contributed by atoms with Crippen LogP contribution in [0.2, 0.25) is 0 Å². The summed E-state index contributed by atoms with van der Waals surface area (Å²) in [6, 6.07) is 4.14. The fourth-order valence-electron chi connectivity index (χ4n) is 2.86. The number of nitrogens with two attached hydrogens (primary N) is 1. The summed E-state index contributed by atoms with van der Waals surface area (Å²) in [5, 5.41) is 20.0. The van der Waals surface area contributed by atoms with Gasteiger partial charge in [-0.1, -0.05) is 6.42 Å². The van der Waals surface area contributed by atoms with Crippen molar-refractivity contribution in [1.82, 2.24) is 15.8 Å². The molecule has 5 N–H and O–H groups in total. The lowest BCUT2D eigenvalue weighted by atomic mass is 9.85. The summed E-state index contributed by atoms with van der Waals surface area (Å²) in [4.78, 5) is 20.0. The minimum atomic E-state index is -0.430. The topological polar surface area (TPSA) is 151 Å². The molecule has 31 heavy (non-hydrogen) atoms. The molecule has 1 aliphatic carbocycles. The zero-order valence-electron chi connectivity index (χ0n) is 16.6. The Morgan fingerprint density at radius 3 is 2.84 bits per heavy atom. The van der Waals surface area contributed by atoms with Crippen molar-refractivity contribution in [3.8, 4) is 0 Å². The van der Waals surface area contributed by atoms with Gasteiger partial charge in [0.1, 0.15) is 11.7 Å². The molecule has 0 spiro atoms. The van der Waals surface area contributed by atoms with Crippen LogP contribution >= 0.6 is 15.9 Å². The number of hydroxylamine groups is 1. The Morgan fingerprint density at radius 2 is 2.16 bits per heavy atom. The summed E-state index contributed by atoms with van der Waals surface area (Å²) < 4.78 is 18.4. The first-order valence-electron chi connectivity index (χ1n) is 9.85. The van der Waals surface area contributed by atoms with Crippen LogP contribution in [0.1, 0.15) is 44.2 Å². The Hall–Kier alpha value is -2.86. The lowest BCUT2D eigenvalue weighted by Crippen LogP contribution is -2.23. The molecule has 1 saturated carbocycles. The normalized spacial score (nSPS) is 14.9. The molecular formula is C19H23BrFN7O3. The van der Waals surface area contributed by atoms with Crippen LogP contribution in [-0.4, -0.2) is 39.6 Å². The van der Waals surface area contributed by atoms with Gasteiger partial charge in [-0.25, -0.2) is 19.0 Å². The van der Waals surface area contributed by atoms with E-state index in [-0.39, 0.29) is 33.6 Å². The Bertz CT molecular complexity index is 975. The summed E-state index contributed by atoms with van der Waals surface area (Å²) in [6.45, 7) is 0.520. The van der Waals surface area contributed by atoms with E-state index in [0.717, 1.165) is 32.1 Å². The average Bonchev–Trinajstić information content (AvgIpc) is 3.15. The molecule has 1 aromatic heterocycles. The van der Waals surface area contributed by atoms with E-state index >= 15 is 0 Å². The number of aromatic nitrogens is 2. The number of aliphatic imine (C=N–C) groups is 2. The number of rotatable bonds is 9. The predicted octanol–water partition coefficient (Wildman–Crippen LogP) is 3.29. The Morgan fingerprint density at radius 1 is 1.35 bits per heavy atom. The van der Waals surface area contributed by atoms with Gasteiger partial charge in [0.2, 0.25) is 11.7 Å². The second kappa shape index (κ2) is 11.0. The summed E-state index contributed by atoms with van der Waals surface area (Å²) in [6.07, 6.45) is 4.86. The lowest BCUT2D eigenvalue weighted by molar-refractivity contribution is -0.123. The lowest BCUT2D eigenvalue weighted by Gasteiger charge is -2.21. The highest BCUT2D eigenvalue weighted by Crippen LogP contribution is 2.27. The zero-order chi connectivity index (χ0) is 22.2. The van der Waals surface area contributed by atoms with E-state index in [4.69, 9.17) is 10.4 Å². The summed E-state index contributed by atoms with van der Waals surface area (Å²) in [7, 11) is 0. The number of nitrogens with one attached hydrogen (secondary N) is 2. The van der Waals surface area contributed by atoms with Crippen molar-refractivity contribution in [2.45, 2.75) is 38.5 Å². The second-order valence-electron chi connectivity index (χ2n) is 7.09. The van der Waals surface area contributed by atoms with Gasteiger partial charge in [0.05, 0.1) is 10.2 Å². The molecule has 1 aliphatic rings. The fourth-order valence-corrected chi connectivity index (χ4v) is 3.22. The number of halogens is 2. The molecule has 0 radical (unpaired) electrons. The smallest absolute Gasteiger partial charge is 0.250 e. The van der Waals surface area contributed by atoms with E-state index in [1.807, 2.05) is 5.48 Å². The first-order valence-corrected chi connectivity index (χ1v) is 10.6. The molecule has 166 valence electrons. The average molecular weight is 496 g/mol. The Kier molecular flexibility index (Phi) is 8.06. The molecule has 0 bridgehead atoms. The largest absolute Gasteiger partial charge is 0.387 e. The number of carbonyl (C=O) groups is 1. The van der Waals surface area contributed by atoms with E-state index < -0.39 is 5.82 Å². The van der Waals surface area contributed by atoms with Gasteiger partial charge < -0.3 is 11.1 Å². The van der Waals surface area contributed by atoms with Gasteiger partial charge in [0.15, 0.2) is 11.5 Å². The fraction of sp³-hybridized carbons (Fsp3) is 0.421. The van der Waals surface area contributed by atoms with Crippen LogP contribution in [0.4, 0.5) is 15.9 Å². The van der Waals surface area contributed by atoms with Gasteiger partial charge in [0, 0.05) is 18.9 Å². The molecule has 3 rings (SSSR count). The summed E-state index contributed by atoms with van der Waals surface area (Å²) >= 11 is 3.08. The van der Waals surface area contributed by atoms with Crippen molar-refractivity contribution in [2.75, 3.05) is 11.9 Å². The first-order chi connectivity index (χ1) is 15.0. The number of amidine groups is 2. The van der Waals surface area contributed by atoms with E-state index in [9.17, 15) is 14.4 Å². The highest BCUT2D eigenvalue weighted by molar-refractivity contribution is 9.10. The number of unbranched alkanes of at least 4 members (excludes halogenated alkanes) is 1. The van der Waals surface area contributed by atoms with E-state index in [2.05, 4.69) is 41.5 Å². The van der Waals surface area contributed by atoms with Gasteiger partial charge in [0.25, 0.3) is 0 Å². The van der Waals surface area contributed by atoms with Crippen molar-refractivity contribution in [3.05, 3.63) is 34.2 Å². The molecule has 10 nitrogen and oxygen atoms in total. The van der Waals surface area contributed by atoms with Crippen LogP contribution in [0.15, 0.2) is 37.3 Å². The van der Waals surface area contributed by atoms with Gasteiger partial charge in [-0.05, 0) is 70.1 Å². The molecule has 1 heterocycles. The van der Waals surface area contributed by atoms with Crippen LogP contribution in [0.3, 0.4) is 0 Å². The number of amides is 1. The van der Waals surface area contributed by atoms with Crippen molar-refractivity contribution in [2.24, 2.45) is 21.6 Å². The van der Waals surface area contributed by atoms with Crippen molar-refractivity contribution in [1.29, 1.82) is 0 Å². The van der Waals surface area contributed by atoms with Crippen LogP contribution in [0, 0.1) is 11.7 Å². The SMILES string of the molecule is NC(CCCCNc1nonc1C(=Nc1ccc(F)c(Br)c1)NO)=NC(=O)C1CCC1. The van der Waals surface area contributed by atoms with Crippen LogP contribution in [-0.2, 0) is 4.79 Å². The van der Waals surface area contributed by atoms with Crippen LogP contribution in [0.25, 0.3) is 0 Å². The maximum Gasteiger partial charge on any atom is 0.250 e. The second-order valence-corrected chi connectivity index (χ2v) is 7.94. The van der Waals surface area contributed by atoms with Gasteiger partial charge in [-0.3, -0.25) is 15.5 Å². The molecule has 0 aliphatic heterocycles. The molecule has 1 fully saturated rings. The molecular weight excluding hydrogens is 473 g/mol. The summed E-state index contributed by atoms with van der Waals surface area (Å²) in [5.41, 5.74) is 8.33. The van der Waals surface area contributed by atoms with E-state index in [1.54, 1.807) is 0 Å². The molecule has 12 heteroatoms. The molecule has 0 atom stereocenters. The standard InChI is InChI=1S/C19H23BrFN7O3/c20-13-10-12(7-8-14(13)21)24-18(26-30)16-17(28-31-27-16)23-9-2-1-6-15(22)25-19(29)11-4-3-5-11/h7-8,10-11,30H,1-6,9H2,(H,23,28)(H,24,26)(H2,22,25,29). The third kappa shape index (κ3) is 6.31. The van der Waals surface area contributed by atoms with E-state index in [1.165, 1.54) is 18.2 Å². The number of nitrogens with zero attached hydrogens (tertiary/aromatic N) is 4. The zero-order valence-corrected chi connectivity index (χ0v) is 18.2. The number of benzene rings is 1. The third-order valence-corrected chi connectivity index (χ3v) is 5.43. The number of carbonyl (C=O) groups excluding carboxylic acids is 1. The van der Waals surface area contributed by atoms with E-state index in [0.29, 0.717) is 24.5 Å². The first kappa shape index (κ1) is 22.8. The van der Waals surface area contributed by atoms with Crippen LogP contribution < -0.4 is 16.5 Å². The minimum absolute atomic E-state index is 0.0202. The van der Waals surface area contributed by atoms with Crippen LogP contribution in [0.5, 0.6) is 0 Å². The number of hydrogen-bond acceptors (Lipinski definition) is 7. The minimum Gasteiger partial charge on any atom is -0.387 e. The highest BCUT2D eigenvalue weighted by atomic mass is 79.9. The maximum absolute atomic E-state index is 13.4. The number of anilines is 1. The summed E-state index contributed by atoms with van der Waals surface area (Å²) in [5.74, 6) is 0.115. The van der Waals surface area contributed by atoms with Crippen molar-refractivity contribution in [3.63, 3.8) is 0 Å². The third-order valence-electron chi connectivity index (χ3n) is 4.82.